The summed E-state index contributed by atoms with van der Waals surface area (Å²) >= 11 is 0. The van der Waals surface area contributed by atoms with Crippen molar-refractivity contribution in [1.29, 1.82) is 5.26 Å². The van der Waals surface area contributed by atoms with Crippen LogP contribution in [0.5, 0.6) is 5.75 Å². The summed E-state index contributed by atoms with van der Waals surface area (Å²) in [4.78, 5) is 12.1. The number of allylic oxidation sites excluding steroid dienone is 1. The average Bonchev–Trinajstić information content (AvgIpc) is 2.63. The van der Waals surface area contributed by atoms with E-state index in [4.69, 9.17) is 10.00 Å². The lowest BCUT2D eigenvalue weighted by Crippen LogP contribution is -2.40. The largest absolute Gasteiger partial charge is 0.491 e. The summed E-state index contributed by atoms with van der Waals surface area (Å²) < 4.78 is 5.82. The molecule has 0 bridgehead atoms. The van der Waals surface area contributed by atoms with Crippen molar-refractivity contribution in [1.82, 2.24) is 0 Å². The maximum atomic E-state index is 12.1. The summed E-state index contributed by atoms with van der Waals surface area (Å²) in [6, 6.07) is 14.1. The third-order valence-corrected chi connectivity index (χ3v) is 4.20. The summed E-state index contributed by atoms with van der Waals surface area (Å²) in [5, 5.41) is 21.9. The van der Waals surface area contributed by atoms with Gasteiger partial charge in [0.25, 0.3) is 0 Å². The van der Waals surface area contributed by atoms with E-state index in [-0.39, 0.29) is 6.10 Å². The first-order valence-electron chi connectivity index (χ1n) is 8.73. The second-order valence-electron chi connectivity index (χ2n) is 6.73. The second-order valence-corrected chi connectivity index (χ2v) is 6.73. The van der Waals surface area contributed by atoms with Crippen LogP contribution in [-0.4, -0.2) is 17.2 Å². The van der Waals surface area contributed by atoms with Crippen LogP contribution in [0.1, 0.15) is 37.5 Å². The summed E-state index contributed by atoms with van der Waals surface area (Å²) in [6.07, 6.45) is 2.35. The number of carbonyl (C=O) groups is 1. The number of hydrogen-bond donors (Lipinski definition) is 2. The number of carboxylic acids is 1. The predicted molar refractivity (Wildman–Crippen MR) is 106 cm³/mol. The van der Waals surface area contributed by atoms with E-state index in [9.17, 15) is 9.90 Å². The van der Waals surface area contributed by atoms with Gasteiger partial charge in [0.15, 0.2) is 5.54 Å². The van der Waals surface area contributed by atoms with Gasteiger partial charge in [-0.1, -0.05) is 12.1 Å². The summed E-state index contributed by atoms with van der Waals surface area (Å²) in [5.74, 6) is -0.284. The molecule has 0 saturated carbocycles. The first-order valence-corrected chi connectivity index (χ1v) is 8.73. The Morgan fingerprint density at radius 1 is 1.33 bits per heavy atom. The SMILES string of the molecule is C=CCc1cc(C(C)(Nc2ccc(C#N)cc2)C(=O)O)ccc1OC(C)C. The van der Waals surface area contributed by atoms with E-state index in [0.717, 1.165) is 11.3 Å². The van der Waals surface area contributed by atoms with E-state index in [1.165, 1.54) is 0 Å². The van der Waals surface area contributed by atoms with E-state index in [2.05, 4.69) is 11.9 Å². The van der Waals surface area contributed by atoms with Crippen molar-refractivity contribution in [3.63, 3.8) is 0 Å². The number of anilines is 1. The lowest BCUT2D eigenvalue weighted by Gasteiger charge is -2.29. The lowest BCUT2D eigenvalue weighted by atomic mass is 9.89. The number of ether oxygens (including phenoxy) is 1. The Balaban J connectivity index is 2.44. The Morgan fingerprint density at radius 3 is 2.52 bits per heavy atom. The quantitative estimate of drug-likeness (QED) is 0.675. The van der Waals surface area contributed by atoms with Gasteiger partial charge in [-0.3, -0.25) is 0 Å². The maximum absolute atomic E-state index is 12.1. The summed E-state index contributed by atoms with van der Waals surface area (Å²) in [5.41, 5.74) is 1.27. The molecule has 27 heavy (non-hydrogen) atoms. The number of nitrogens with zero attached hydrogens (tertiary/aromatic N) is 1. The van der Waals surface area contributed by atoms with E-state index >= 15 is 0 Å². The minimum Gasteiger partial charge on any atom is -0.491 e. The van der Waals surface area contributed by atoms with Gasteiger partial charge in [-0.2, -0.15) is 5.26 Å². The van der Waals surface area contributed by atoms with E-state index in [0.29, 0.717) is 23.2 Å². The number of benzene rings is 2. The molecule has 0 aliphatic rings. The fourth-order valence-corrected chi connectivity index (χ4v) is 2.74. The molecule has 1 unspecified atom stereocenters. The first kappa shape index (κ1) is 20.1. The number of aliphatic carboxylic acids is 1. The molecule has 2 aromatic carbocycles. The van der Waals surface area contributed by atoms with Crippen molar-refractivity contribution < 1.29 is 14.6 Å². The fourth-order valence-electron chi connectivity index (χ4n) is 2.74. The van der Waals surface area contributed by atoms with Gasteiger partial charge in [-0.05, 0) is 74.7 Å². The number of nitriles is 1. The molecular weight excluding hydrogens is 340 g/mol. The standard InChI is InChI=1S/C22H24N2O3/c1-5-6-17-13-18(9-12-20(17)27-15(2)3)22(4,21(25)26)24-19-10-7-16(14-23)8-11-19/h5,7-13,15,24H,1,6H2,2-4H3,(H,25,26). The molecule has 0 aliphatic heterocycles. The van der Waals surface area contributed by atoms with Gasteiger partial charge in [-0.15, -0.1) is 6.58 Å². The zero-order valence-corrected chi connectivity index (χ0v) is 15.8. The average molecular weight is 364 g/mol. The molecule has 1 atom stereocenters. The molecule has 2 N–H and O–H groups in total. The van der Waals surface area contributed by atoms with Crippen LogP contribution in [0.3, 0.4) is 0 Å². The van der Waals surface area contributed by atoms with Gasteiger partial charge in [0.05, 0.1) is 17.7 Å². The van der Waals surface area contributed by atoms with E-state index < -0.39 is 11.5 Å². The molecule has 5 heteroatoms. The van der Waals surface area contributed by atoms with Crippen LogP contribution in [0.4, 0.5) is 5.69 Å². The van der Waals surface area contributed by atoms with Crippen molar-refractivity contribution >= 4 is 11.7 Å². The molecule has 140 valence electrons. The van der Waals surface area contributed by atoms with Gasteiger partial charge in [0.1, 0.15) is 5.75 Å². The van der Waals surface area contributed by atoms with Crippen LogP contribution in [0.2, 0.25) is 0 Å². The highest BCUT2D eigenvalue weighted by atomic mass is 16.5. The number of carboxylic acid groups (broad SMARTS) is 1. The van der Waals surface area contributed by atoms with Crippen molar-refractivity contribution in [2.75, 3.05) is 5.32 Å². The van der Waals surface area contributed by atoms with Crippen LogP contribution in [0, 0.1) is 11.3 Å². The Labute approximate surface area is 159 Å². The van der Waals surface area contributed by atoms with Crippen LogP contribution >= 0.6 is 0 Å². The Hall–Kier alpha value is -3.26. The minimum atomic E-state index is -1.35. The molecule has 0 heterocycles. The van der Waals surface area contributed by atoms with Crippen molar-refractivity contribution in [3.8, 4) is 11.8 Å². The molecule has 0 amide bonds. The van der Waals surface area contributed by atoms with Gasteiger partial charge in [0, 0.05) is 5.69 Å². The third-order valence-electron chi connectivity index (χ3n) is 4.20. The molecule has 2 aromatic rings. The van der Waals surface area contributed by atoms with Crippen molar-refractivity contribution in [2.24, 2.45) is 0 Å². The van der Waals surface area contributed by atoms with Crippen LogP contribution in [0.25, 0.3) is 0 Å². The zero-order chi connectivity index (χ0) is 20.0. The third kappa shape index (κ3) is 4.68. The van der Waals surface area contributed by atoms with Crippen LogP contribution < -0.4 is 10.1 Å². The first-order chi connectivity index (χ1) is 12.8. The van der Waals surface area contributed by atoms with E-state index in [1.54, 1.807) is 49.4 Å². The Morgan fingerprint density at radius 2 is 2.00 bits per heavy atom. The molecule has 0 saturated heterocycles. The molecule has 0 aromatic heterocycles. The van der Waals surface area contributed by atoms with Crippen molar-refractivity contribution in [3.05, 3.63) is 71.8 Å². The summed E-state index contributed by atoms with van der Waals surface area (Å²) in [7, 11) is 0. The smallest absolute Gasteiger partial charge is 0.333 e. The monoisotopic (exact) mass is 364 g/mol. The lowest BCUT2D eigenvalue weighted by molar-refractivity contribution is -0.142. The van der Waals surface area contributed by atoms with E-state index in [1.807, 2.05) is 26.0 Å². The van der Waals surface area contributed by atoms with Crippen molar-refractivity contribution in [2.45, 2.75) is 38.8 Å². The molecular formula is C22H24N2O3. The fraction of sp³-hybridized carbons (Fsp3) is 0.273. The molecule has 0 fully saturated rings. The topological polar surface area (TPSA) is 82.4 Å². The van der Waals surface area contributed by atoms with Gasteiger partial charge in [0.2, 0.25) is 0 Å². The minimum absolute atomic E-state index is 0.0158. The number of nitrogens with one attached hydrogen (secondary N) is 1. The highest BCUT2D eigenvalue weighted by Crippen LogP contribution is 2.31. The zero-order valence-electron chi connectivity index (χ0n) is 15.8. The summed E-state index contributed by atoms with van der Waals surface area (Å²) in [6.45, 7) is 9.28. The molecule has 5 nitrogen and oxygen atoms in total. The highest BCUT2D eigenvalue weighted by Gasteiger charge is 2.35. The highest BCUT2D eigenvalue weighted by molar-refractivity contribution is 5.84. The molecule has 2 rings (SSSR count). The van der Waals surface area contributed by atoms with Crippen LogP contribution in [0.15, 0.2) is 55.1 Å². The van der Waals surface area contributed by atoms with Gasteiger partial charge >= 0.3 is 5.97 Å². The Kier molecular flexibility index (Phi) is 6.25. The second kappa shape index (κ2) is 8.41. The number of rotatable bonds is 8. The molecule has 0 spiro atoms. The van der Waals surface area contributed by atoms with Gasteiger partial charge < -0.3 is 15.2 Å². The normalized spacial score (nSPS) is 12.7. The molecule has 0 radical (unpaired) electrons. The Bertz CT molecular complexity index is 866. The van der Waals surface area contributed by atoms with Crippen LogP contribution in [-0.2, 0) is 16.8 Å². The maximum Gasteiger partial charge on any atom is 0.333 e. The molecule has 0 aliphatic carbocycles. The predicted octanol–water partition coefficient (Wildman–Crippen LogP) is 4.49. The van der Waals surface area contributed by atoms with Gasteiger partial charge in [-0.25, -0.2) is 4.79 Å². The number of hydrogen-bond acceptors (Lipinski definition) is 4.